The van der Waals surface area contributed by atoms with Crippen LogP contribution in [0.15, 0.2) is 39.3 Å². The Morgan fingerprint density at radius 3 is 2.43 bits per heavy atom. The van der Waals surface area contributed by atoms with E-state index >= 15 is 0 Å². The monoisotopic (exact) mass is 429 g/mol. The fourth-order valence-electron chi connectivity index (χ4n) is 2.37. The summed E-state index contributed by atoms with van der Waals surface area (Å²) in [6, 6.07) is 10.5. The summed E-state index contributed by atoms with van der Waals surface area (Å²) in [6.45, 7) is 7.09. The molecule has 0 saturated carbocycles. The van der Waals surface area contributed by atoms with Gasteiger partial charge in [0.2, 0.25) is 0 Å². The number of hydrogen-bond donors (Lipinski definition) is 1. The van der Waals surface area contributed by atoms with Gasteiger partial charge in [-0.15, -0.1) is 0 Å². The first kappa shape index (κ1) is 17.0. The maximum Gasteiger partial charge on any atom is 0.0603 e. The van der Waals surface area contributed by atoms with Gasteiger partial charge in [-0.1, -0.05) is 68.6 Å². The van der Waals surface area contributed by atoms with E-state index in [1.54, 1.807) is 0 Å². The molecule has 2 aromatic carbocycles. The van der Waals surface area contributed by atoms with Crippen molar-refractivity contribution in [2.24, 2.45) is 0 Å². The average molecular weight is 432 g/mol. The third-order valence-electron chi connectivity index (χ3n) is 3.53. The van der Waals surface area contributed by atoms with Crippen molar-refractivity contribution in [3.63, 3.8) is 0 Å². The van der Waals surface area contributed by atoms with E-state index in [9.17, 15) is 0 Å². The molecule has 0 bridgehead atoms. The predicted octanol–water partition coefficient (Wildman–Crippen LogP) is 6.18. The first-order valence-corrected chi connectivity index (χ1v) is 8.86. The van der Waals surface area contributed by atoms with E-state index in [2.05, 4.69) is 75.3 Å². The van der Waals surface area contributed by atoms with Crippen molar-refractivity contribution >= 4 is 43.5 Å². The number of benzene rings is 2. The van der Waals surface area contributed by atoms with Gasteiger partial charge in [0.25, 0.3) is 0 Å². The van der Waals surface area contributed by atoms with Crippen LogP contribution in [0.1, 0.15) is 35.2 Å². The minimum atomic E-state index is 0.0636. The van der Waals surface area contributed by atoms with E-state index < -0.39 is 0 Å². The van der Waals surface area contributed by atoms with Crippen LogP contribution >= 0.6 is 43.5 Å². The third kappa shape index (κ3) is 3.70. The second-order valence-electron chi connectivity index (χ2n) is 5.09. The first-order chi connectivity index (χ1) is 9.95. The number of rotatable bonds is 4. The normalized spacial score (nSPS) is 12.5. The van der Waals surface area contributed by atoms with Gasteiger partial charge < -0.3 is 5.32 Å². The highest BCUT2D eigenvalue weighted by atomic mass is 79.9. The van der Waals surface area contributed by atoms with E-state index in [1.807, 2.05) is 13.0 Å². The van der Waals surface area contributed by atoms with Crippen molar-refractivity contribution in [2.75, 3.05) is 6.54 Å². The van der Waals surface area contributed by atoms with E-state index in [0.29, 0.717) is 0 Å². The van der Waals surface area contributed by atoms with Crippen molar-refractivity contribution in [2.45, 2.75) is 26.8 Å². The topological polar surface area (TPSA) is 12.0 Å². The predicted molar refractivity (Wildman–Crippen MR) is 98.3 cm³/mol. The maximum absolute atomic E-state index is 6.53. The summed E-state index contributed by atoms with van der Waals surface area (Å²) in [7, 11) is 0. The molecule has 1 nitrogen and oxygen atoms in total. The average Bonchev–Trinajstić information content (AvgIpc) is 2.44. The second-order valence-corrected chi connectivity index (χ2v) is 7.18. The molecule has 4 heteroatoms. The molecule has 0 fully saturated rings. The summed E-state index contributed by atoms with van der Waals surface area (Å²) in [6.07, 6.45) is 0. The van der Waals surface area contributed by atoms with Crippen LogP contribution in [0.2, 0.25) is 5.02 Å². The number of hydrogen-bond acceptors (Lipinski definition) is 1. The molecule has 0 aliphatic rings. The second kappa shape index (κ2) is 7.28. The Morgan fingerprint density at radius 2 is 1.76 bits per heavy atom. The van der Waals surface area contributed by atoms with Crippen molar-refractivity contribution in [3.05, 3.63) is 66.6 Å². The van der Waals surface area contributed by atoms with Crippen LogP contribution in [0.4, 0.5) is 0 Å². The molecule has 0 amide bonds. The van der Waals surface area contributed by atoms with Crippen LogP contribution in [0.3, 0.4) is 0 Å². The van der Waals surface area contributed by atoms with Crippen LogP contribution < -0.4 is 5.32 Å². The number of aryl methyl sites for hydroxylation is 2. The lowest BCUT2D eigenvalue weighted by molar-refractivity contribution is 0.628. The molecule has 112 valence electrons. The van der Waals surface area contributed by atoms with Gasteiger partial charge in [-0.05, 0) is 54.8 Å². The Bertz CT molecular complexity index is 655. The summed E-state index contributed by atoms with van der Waals surface area (Å²) < 4.78 is 2.19. The van der Waals surface area contributed by atoms with Crippen LogP contribution in [0.5, 0.6) is 0 Å². The highest BCUT2D eigenvalue weighted by Gasteiger charge is 2.20. The molecule has 0 heterocycles. The summed E-state index contributed by atoms with van der Waals surface area (Å²) in [5, 5.41) is 4.36. The molecule has 0 spiro atoms. The van der Waals surface area contributed by atoms with E-state index in [-0.39, 0.29) is 6.04 Å². The van der Waals surface area contributed by atoms with E-state index in [4.69, 9.17) is 11.6 Å². The summed E-state index contributed by atoms with van der Waals surface area (Å²) in [4.78, 5) is 0. The molecule has 2 aromatic rings. The molecule has 2 rings (SSSR count). The molecule has 1 N–H and O–H groups in total. The standard InChI is InChI=1S/C17H18Br2ClN/c1-4-21-17(12-7-5-6-10(2)16(12)20)13-9-14(18)11(3)8-15(13)19/h5-9,17,21H,4H2,1-3H3. The van der Waals surface area contributed by atoms with Crippen LogP contribution in [0, 0.1) is 13.8 Å². The van der Waals surface area contributed by atoms with E-state index in [1.165, 1.54) is 11.1 Å². The Labute approximate surface area is 148 Å². The van der Waals surface area contributed by atoms with Crippen LogP contribution in [-0.2, 0) is 0 Å². The smallest absolute Gasteiger partial charge is 0.0603 e. The van der Waals surface area contributed by atoms with Gasteiger partial charge >= 0.3 is 0 Å². The van der Waals surface area contributed by atoms with Gasteiger partial charge in [0.15, 0.2) is 0 Å². The SMILES string of the molecule is CCNC(c1cc(Br)c(C)cc1Br)c1cccc(C)c1Cl. The molecule has 1 atom stereocenters. The van der Waals surface area contributed by atoms with Crippen molar-refractivity contribution in [3.8, 4) is 0 Å². The summed E-state index contributed by atoms with van der Waals surface area (Å²) >= 11 is 13.8. The largest absolute Gasteiger partial charge is 0.306 e. The van der Waals surface area contributed by atoms with Crippen molar-refractivity contribution in [1.29, 1.82) is 0 Å². The van der Waals surface area contributed by atoms with Crippen LogP contribution in [-0.4, -0.2) is 6.54 Å². The molecular formula is C17H18Br2ClN. The van der Waals surface area contributed by atoms with Gasteiger partial charge in [0.05, 0.1) is 6.04 Å². The number of nitrogens with one attached hydrogen (secondary N) is 1. The zero-order valence-corrected chi connectivity index (χ0v) is 16.2. The Morgan fingerprint density at radius 1 is 1.05 bits per heavy atom. The van der Waals surface area contributed by atoms with Crippen LogP contribution in [0.25, 0.3) is 0 Å². The molecule has 0 radical (unpaired) electrons. The minimum absolute atomic E-state index is 0.0636. The molecule has 1 unspecified atom stereocenters. The van der Waals surface area contributed by atoms with Gasteiger partial charge in [-0.25, -0.2) is 0 Å². The van der Waals surface area contributed by atoms with Gasteiger partial charge in [-0.3, -0.25) is 0 Å². The highest BCUT2D eigenvalue weighted by molar-refractivity contribution is 9.11. The van der Waals surface area contributed by atoms with E-state index in [0.717, 1.165) is 31.6 Å². The van der Waals surface area contributed by atoms with Gasteiger partial charge in [0.1, 0.15) is 0 Å². The summed E-state index contributed by atoms with van der Waals surface area (Å²) in [5.74, 6) is 0. The lowest BCUT2D eigenvalue weighted by Gasteiger charge is -2.23. The van der Waals surface area contributed by atoms with Gasteiger partial charge in [0, 0.05) is 14.0 Å². The van der Waals surface area contributed by atoms with Crippen molar-refractivity contribution in [1.82, 2.24) is 5.32 Å². The number of halogens is 3. The minimum Gasteiger partial charge on any atom is -0.306 e. The zero-order valence-electron chi connectivity index (χ0n) is 12.3. The summed E-state index contributed by atoms with van der Waals surface area (Å²) in [5.41, 5.74) is 4.59. The Balaban J connectivity index is 2.59. The fraction of sp³-hybridized carbons (Fsp3) is 0.294. The lowest BCUT2D eigenvalue weighted by atomic mass is 9.96. The van der Waals surface area contributed by atoms with Gasteiger partial charge in [-0.2, -0.15) is 0 Å². The highest BCUT2D eigenvalue weighted by Crippen LogP contribution is 2.36. The third-order valence-corrected chi connectivity index (χ3v) is 5.59. The maximum atomic E-state index is 6.53. The molecule has 0 saturated heterocycles. The Kier molecular flexibility index (Phi) is 5.89. The molecule has 0 aromatic heterocycles. The Hall–Kier alpha value is -0.350. The first-order valence-electron chi connectivity index (χ1n) is 6.89. The molecular weight excluding hydrogens is 413 g/mol. The molecule has 21 heavy (non-hydrogen) atoms. The quantitative estimate of drug-likeness (QED) is 0.609. The van der Waals surface area contributed by atoms with Crippen molar-refractivity contribution < 1.29 is 0 Å². The lowest BCUT2D eigenvalue weighted by Crippen LogP contribution is -2.23. The zero-order chi connectivity index (χ0) is 15.6. The molecule has 0 aliphatic heterocycles. The molecule has 0 aliphatic carbocycles. The fourth-order valence-corrected chi connectivity index (χ4v) is 3.65.